The van der Waals surface area contributed by atoms with Crippen LogP contribution >= 0.6 is 24.0 Å². The summed E-state index contributed by atoms with van der Waals surface area (Å²) in [7, 11) is 0. The first-order valence-electron chi connectivity index (χ1n) is 11.9. The lowest BCUT2D eigenvalue weighted by Crippen LogP contribution is -2.37. The molecular formula is C26H27N5O3S2. The van der Waals surface area contributed by atoms with Crippen molar-refractivity contribution in [2.75, 3.05) is 44.7 Å². The van der Waals surface area contributed by atoms with Crippen molar-refractivity contribution < 1.29 is 9.53 Å². The molecule has 36 heavy (non-hydrogen) atoms. The summed E-state index contributed by atoms with van der Waals surface area (Å²) in [6, 6.07) is 15.1. The molecule has 10 heteroatoms. The van der Waals surface area contributed by atoms with E-state index in [2.05, 4.69) is 10.2 Å². The van der Waals surface area contributed by atoms with Gasteiger partial charge < -0.3 is 10.1 Å². The van der Waals surface area contributed by atoms with Crippen LogP contribution in [0.1, 0.15) is 17.5 Å². The predicted molar refractivity (Wildman–Crippen MR) is 147 cm³/mol. The van der Waals surface area contributed by atoms with Gasteiger partial charge in [-0.1, -0.05) is 60.4 Å². The average molecular weight is 522 g/mol. The number of benzene rings is 1. The summed E-state index contributed by atoms with van der Waals surface area (Å²) in [5, 5.41) is 3.34. The Morgan fingerprint density at radius 1 is 1.08 bits per heavy atom. The first-order valence-corrected chi connectivity index (χ1v) is 13.2. The first kappa shape index (κ1) is 24.6. The van der Waals surface area contributed by atoms with Gasteiger partial charge in [-0.25, -0.2) is 4.98 Å². The molecule has 3 aromatic rings. The molecule has 0 saturated carbocycles. The molecule has 5 rings (SSSR count). The number of fused-ring (bicyclic) bond motifs is 1. The third-order valence-electron chi connectivity index (χ3n) is 6.15. The molecule has 2 aromatic heterocycles. The summed E-state index contributed by atoms with van der Waals surface area (Å²) in [6.45, 7) is 5.40. The van der Waals surface area contributed by atoms with Crippen LogP contribution in [0.5, 0.6) is 0 Å². The smallest absolute Gasteiger partial charge is 0.267 e. The predicted octanol–water partition coefficient (Wildman–Crippen LogP) is 3.23. The molecule has 1 amide bonds. The number of hydrogen-bond acceptors (Lipinski definition) is 8. The number of carbonyl (C=O) groups is 1. The van der Waals surface area contributed by atoms with E-state index >= 15 is 0 Å². The van der Waals surface area contributed by atoms with E-state index in [1.807, 2.05) is 36.4 Å². The third-order valence-corrected chi connectivity index (χ3v) is 7.53. The maximum Gasteiger partial charge on any atom is 0.267 e. The topological polar surface area (TPSA) is 79.2 Å². The Balaban J connectivity index is 1.39. The molecule has 8 nitrogen and oxygen atoms in total. The van der Waals surface area contributed by atoms with Crippen molar-refractivity contribution in [2.24, 2.45) is 0 Å². The highest BCUT2D eigenvalue weighted by atomic mass is 32.2. The lowest BCUT2D eigenvalue weighted by molar-refractivity contribution is -0.122. The number of nitrogens with zero attached hydrogens (tertiary/aromatic N) is 4. The number of thiocarbonyl (C=S) groups is 1. The van der Waals surface area contributed by atoms with Crippen molar-refractivity contribution in [3.63, 3.8) is 0 Å². The van der Waals surface area contributed by atoms with Crippen LogP contribution in [0.15, 0.2) is 64.4 Å². The fourth-order valence-electron chi connectivity index (χ4n) is 4.24. The highest BCUT2D eigenvalue weighted by molar-refractivity contribution is 8.26. The van der Waals surface area contributed by atoms with Gasteiger partial charge in [-0.05, 0) is 36.7 Å². The molecule has 0 bridgehead atoms. The lowest BCUT2D eigenvalue weighted by Gasteiger charge is -2.26. The number of ether oxygens (including phenoxy) is 1. The molecule has 0 unspecified atom stereocenters. The van der Waals surface area contributed by atoms with Crippen LogP contribution in [0.2, 0.25) is 0 Å². The quantitative estimate of drug-likeness (QED) is 0.275. The zero-order valence-corrected chi connectivity index (χ0v) is 21.4. The Kier molecular flexibility index (Phi) is 7.76. The number of hydrogen-bond donors (Lipinski definition) is 1. The van der Waals surface area contributed by atoms with Gasteiger partial charge in [0, 0.05) is 25.8 Å². The maximum absolute atomic E-state index is 13.4. The Morgan fingerprint density at radius 2 is 1.86 bits per heavy atom. The van der Waals surface area contributed by atoms with Crippen molar-refractivity contribution >= 4 is 51.7 Å². The van der Waals surface area contributed by atoms with E-state index in [-0.39, 0.29) is 11.5 Å². The van der Waals surface area contributed by atoms with Gasteiger partial charge >= 0.3 is 0 Å². The first-order chi connectivity index (χ1) is 17.6. The summed E-state index contributed by atoms with van der Waals surface area (Å²) in [5.41, 5.74) is 1.66. The average Bonchev–Trinajstić information content (AvgIpc) is 3.17. The monoisotopic (exact) mass is 521 g/mol. The number of morpholine rings is 1. The number of aromatic nitrogens is 2. The molecular weight excluding hydrogens is 494 g/mol. The fraction of sp³-hybridized carbons (Fsp3) is 0.308. The molecule has 186 valence electrons. The minimum absolute atomic E-state index is 0.204. The minimum Gasteiger partial charge on any atom is -0.379 e. The number of anilines is 1. The lowest BCUT2D eigenvalue weighted by atomic mass is 10.2. The summed E-state index contributed by atoms with van der Waals surface area (Å²) in [5.74, 6) is 0.270. The Bertz CT molecular complexity index is 1350. The third kappa shape index (κ3) is 5.52. The molecule has 1 aromatic carbocycles. The molecule has 2 aliphatic rings. The fourth-order valence-corrected chi connectivity index (χ4v) is 5.47. The van der Waals surface area contributed by atoms with Crippen LogP contribution in [0.4, 0.5) is 5.82 Å². The number of amides is 1. The normalized spacial score (nSPS) is 17.9. The van der Waals surface area contributed by atoms with Crippen molar-refractivity contribution in [3.05, 3.63) is 81.1 Å². The van der Waals surface area contributed by atoms with Gasteiger partial charge in [0.05, 0.1) is 30.2 Å². The molecule has 1 N–H and O–H groups in total. The van der Waals surface area contributed by atoms with Crippen LogP contribution < -0.4 is 10.9 Å². The minimum atomic E-state index is -0.232. The van der Waals surface area contributed by atoms with Gasteiger partial charge in [-0.15, -0.1) is 0 Å². The zero-order chi connectivity index (χ0) is 24.9. The number of pyridine rings is 1. The summed E-state index contributed by atoms with van der Waals surface area (Å²) >= 11 is 6.71. The van der Waals surface area contributed by atoms with E-state index in [9.17, 15) is 9.59 Å². The van der Waals surface area contributed by atoms with Crippen LogP contribution in [0.3, 0.4) is 0 Å². The summed E-state index contributed by atoms with van der Waals surface area (Å²) < 4.78 is 7.38. The highest BCUT2D eigenvalue weighted by Gasteiger charge is 2.32. The second-order valence-corrected chi connectivity index (χ2v) is 10.3. The molecule has 0 radical (unpaired) electrons. The van der Waals surface area contributed by atoms with Crippen LogP contribution in [0.25, 0.3) is 11.7 Å². The molecule has 4 heterocycles. The largest absolute Gasteiger partial charge is 0.379 e. The number of thioether (sulfide) groups is 1. The van der Waals surface area contributed by atoms with Crippen molar-refractivity contribution in [2.45, 2.75) is 13.0 Å². The molecule has 0 atom stereocenters. The van der Waals surface area contributed by atoms with Gasteiger partial charge in [0.15, 0.2) is 0 Å². The van der Waals surface area contributed by atoms with Gasteiger partial charge in [-0.3, -0.25) is 23.8 Å². The van der Waals surface area contributed by atoms with Crippen molar-refractivity contribution in [1.82, 2.24) is 19.2 Å². The maximum atomic E-state index is 13.4. The van der Waals surface area contributed by atoms with Crippen LogP contribution in [-0.2, 0) is 16.1 Å². The Hall–Kier alpha value is -3.05. The van der Waals surface area contributed by atoms with Gasteiger partial charge in [-0.2, -0.15) is 0 Å². The molecule has 2 aliphatic heterocycles. The molecule has 0 spiro atoms. The van der Waals surface area contributed by atoms with Crippen molar-refractivity contribution in [3.8, 4) is 0 Å². The van der Waals surface area contributed by atoms with Crippen LogP contribution in [-0.4, -0.2) is 68.8 Å². The van der Waals surface area contributed by atoms with E-state index in [1.54, 1.807) is 29.3 Å². The van der Waals surface area contributed by atoms with Crippen LogP contribution in [0, 0.1) is 0 Å². The zero-order valence-electron chi connectivity index (χ0n) is 19.8. The Morgan fingerprint density at radius 3 is 2.67 bits per heavy atom. The van der Waals surface area contributed by atoms with Gasteiger partial charge in [0.1, 0.15) is 15.8 Å². The molecule has 2 fully saturated rings. The van der Waals surface area contributed by atoms with Gasteiger partial charge in [0.2, 0.25) is 0 Å². The van der Waals surface area contributed by atoms with Crippen molar-refractivity contribution in [1.29, 1.82) is 0 Å². The highest BCUT2D eigenvalue weighted by Crippen LogP contribution is 2.34. The van der Waals surface area contributed by atoms with E-state index in [0.29, 0.717) is 39.3 Å². The molecule has 0 aliphatic carbocycles. The number of rotatable bonds is 8. The van der Waals surface area contributed by atoms with Gasteiger partial charge in [0.25, 0.3) is 11.5 Å². The molecule has 2 saturated heterocycles. The second-order valence-electron chi connectivity index (χ2n) is 8.60. The number of carbonyl (C=O) groups excluding carboxylic acids is 1. The van der Waals surface area contributed by atoms with E-state index in [1.165, 1.54) is 16.2 Å². The summed E-state index contributed by atoms with van der Waals surface area (Å²) in [4.78, 5) is 35.7. The SMILES string of the molecule is O=C1/C(=C/c2c(NCCCN3CCOCC3)nc3ccccn3c2=O)SC(=S)N1Cc1ccccc1. The Labute approximate surface area is 219 Å². The number of nitrogens with one attached hydrogen (secondary N) is 1. The van der Waals surface area contributed by atoms with E-state index in [0.717, 1.165) is 44.8 Å². The van der Waals surface area contributed by atoms with E-state index < -0.39 is 0 Å². The summed E-state index contributed by atoms with van der Waals surface area (Å²) in [6.07, 6.45) is 4.21. The van der Waals surface area contributed by atoms with E-state index in [4.69, 9.17) is 21.9 Å². The standard InChI is InChI=1S/C26H27N5O3S2/c32-24-20(17-21-25(33)31(26(35)36-21)18-19-7-2-1-3-8-19)23(28-22-9-4-5-12-30(22)24)27-10-6-11-29-13-15-34-16-14-29/h1-5,7-9,12,17,27H,6,10-11,13-16,18H2/b21-17-. The second kappa shape index (κ2) is 11.3.